The quantitative estimate of drug-likeness (QED) is 0.385. The molecule has 1 heterocycles. The van der Waals surface area contributed by atoms with Crippen LogP contribution in [0.1, 0.15) is 24.3 Å². The monoisotopic (exact) mass is 445 g/mol. The van der Waals surface area contributed by atoms with E-state index in [-0.39, 0.29) is 24.0 Å². The first kappa shape index (κ1) is 19.8. The molecular formula is C17H24IN3OS. The highest BCUT2D eigenvalue weighted by molar-refractivity contribution is 14.0. The molecule has 0 aliphatic heterocycles. The van der Waals surface area contributed by atoms with Gasteiger partial charge in [-0.25, -0.2) is 4.99 Å². The predicted molar refractivity (Wildman–Crippen MR) is 109 cm³/mol. The standard InChI is InChI=1S/C17H23N3OS.HI/c1-3-18-17(20-13-15-9-7-11-22-15)19-12-14-8-5-6-10-16(14)21-4-2;/h5-11H,3-4,12-13H2,1-2H3,(H2,18,19,20);1H. The lowest BCUT2D eigenvalue weighted by molar-refractivity contribution is 0.336. The Morgan fingerprint density at radius 2 is 1.96 bits per heavy atom. The van der Waals surface area contributed by atoms with Crippen molar-refractivity contribution in [2.45, 2.75) is 26.9 Å². The summed E-state index contributed by atoms with van der Waals surface area (Å²) in [6, 6.07) is 12.2. The molecule has 0 aliphatic carbocycles. The number of para-hydroxylation sites is 1. The Kier molecular flexibility index (Phi) is 9.70. The Bertz CT molecular complexity index is 587. The molecule has 4 nitrogen and oxygen atoms in total. The minimum atomic E-state index is 0. The third kappa shape index (κ3) is 6.78. The highest BCUT2D eigenvalue weighted by Gasteiger charge is 2.03. The smallest absolute Gasteiger partial charge is 0.191 e. The minimum Gasteiger partial charge on any atom is -0.494 e. The number of thiophene rings is 1. The molecule has 0 saturated heterocycles. The summed E-state index contributed by atoms with van der Waals surface area (Å²) < 4.78 is 5.64. The van der Waals surface area contributed by atoms with E-state index in [0.717, 1.165) is 30.4 Å². The van der Waals surface area contributed by atoms with Crippen LogP contribution in [0.15, 0.2) is 46.8 Å². The average molecular weight is 445 g/mol. The van der Waals surface area contributed by atoms with Gasteiger partial charge in [-0.15, -0.1) is 35.3 Å². The molecule has 0 fully saturated rings. The summed E-state index contributed by atoms with van der Waals surface area (Å²) in [4.78, 5) is 5.94. The van der Waals surface area contributed by atoms with Gasteiger partial charge in [0.1, 0.15) is 5.75 Å². The van der Waals surface area contributed by atoms with Gasteiger partial charge in [0.05, 0.1) is 19.7 Å². The normalized spacial score (nSPS) is 10.8. The first-order valence-corrected chi connectivity index (χ1v) is 8.46. The second-order valence-electron chi connectivity index (χ2n) is 4.67. The number of ether oxygens (including phenoxy) is 1. The summed E-state index contributed by atoms with van der Waals surface area (Å²) in [6.07, 6.45) is 0. The van der Waals surface area contributed by atoms with Crippen LogP contribution in [0.4, 0.5) is 0 Å². The number of nitrogens with zero attached hydrogens (tertiary/aromatic N) is 1. The summed E-state index contributed by atoms with van der Waals surface area (Å²) >= 11 is 1.74. The van der Waals surface area contributed by atoms with Gasteiger partial charge in [0.25, 0.3) is 0 Å². The van der Waals surface area contributed by atoms with Crippen LogP contribution in [0.3, 0.4) is 0 Å². The van der Waals surface area contributed by atoms with Crippen LogP contribution in [0.5, 0.6) is 5.75 Å². The number of benzene rings is 1. The maximum absolute atomic E-state index is 5.64. The van der Waals surface area contributed by atoms with Crippen LogP contribution in [-0.2, 0) is 13.1 Å². The Labute approximate surface area is 159 Å². The van der Waals surface area contributed by atoms with Crippen LogP contribution in [0, 0.1) is 0 Å². The molecule has 0 atom stereocenters. The molecule has 0 radical (unpaired) electrons. The largest absolute Gasteiger partial charge is 0.494 e. The average Bonchev–Trinajstić information content (AvgIpc) is 3.05. The fourth-order valence-corrected chi connectivity index (χ4v) is 2.67. The lowest BCUT2D eigenvalue weighted by Crippen LogP contribution is -2.36. The summed E-state index contributed by atoms with van der Waals surface area (Å²) in [7, 11) is 0. The lowest BCUT2D eigenvalue weighted by atomic mass is 10.2. The molecule has 126 valence electrons. The van der Waals surface area contributed by atoms with Crippen LogP contribution in [0.2, 0.25) is 0 Å². The fourth-order valence-electron chi connectivity index (χ4n) is 2.02. The molecule has 0 aliphatic rings. The molecular weight excluding hydrogens is 421 g/mol. The van der Waals surface area contributed by atoms with E-state index < -0.39 is 0 Å². The first-order chi connectivity index (χ1) is 10.8. The van der Waals surface area contributed by atoms with Gasteiger partial charge in [0.2, 0.25) is 0 Å². The number of rotatable bonds is 7. The van der Waals surface area contributed by atoms with Gasteiger partial charge >= 0.3 is 0 Å². The zero-order chi connectivity index (χ0) is 15.6. The fraction of sp³-hybridized carbons (Fsp3) is 0.353. The van der Waals surface area contributed by atoms with E-state index >= 15 is 0 Å². The molecule has 1 aromatic heterocycles. The van der Waals surface area contributed by atoms with Crippen molar-refractivity contribution in [3.63, 3.8) is 0 Å². The second-order valence-corrected chi connectivity index (χ2v) is 5.70. The van der Waals surface area contributed by atoms with E-state index in [9.17, 15) is 0 Å². The molecule has 2 rings (SSSR count). The summed E-state index contributed by atoms with van der Waals surface area (Å²) in [5.41, 5.74) is 1.10. The Morgan fingerprint density at radius 3 is 2.65 bits per heavy atom. The van der Waals surface area contributed by atoms with Gasteiger partial charge in [0, 0.05) is 17.0 Å². The van der Waals surface area contributed by atoms with Crippen molar-refractivity contribution in [1.29, 1.82) is 0 Å². The van der Waals surface area contributed by atoms with Crippen molar-refractivity contribution in [3.05, 3.63) is 52.2 Å². The van der Waals surface area contributed by atoms with Gasteiger partial charge in [-0.05, 0) is 31.4 Å². The molecule has 1 aromatic carbocycles. The van der Waals surface area contributed by atoms with Crippen molar-refractivity contribution < 1.29 is 4.74 Å². The number of aliphatic imine (C=N–C) groups is 1. The number of hydrogen-bond donors (Lipinski definition) is 2. The Balaban J connectivity index is 0.00000264. The number of hydrogen-bond acceptors (Lipinski definition) is 3. The van der Waals surface area contributed by atoms with Gasteiger partial charge < -0.3 is 15.4 Å². The molecule has 2 N–H and O–H groups in total. The summed E-state index contributed by atoms with van der Waals surface area (Å²) in [5, 5.41) is 8.71. The van der Waals surface area contributed by atoms with E-state index in [0.29, 0.717) is 13.2 Å². The highest BCUT2D eigenvalue weighted by atomic mass is 127. The Hall–Kier alpha value is -1.28. The number of halogens is 1. The predicted octanol–water partition coefficient (Wildman–Crippen LogP) is 4.02. The summed E-state index contributed by atoms with van der Waals surface area (Å²) in [6.45, 7) is 6.94. The molecule has 0 bridgehead atoms. The van der Waals surface area contributed by atoms with E-state index in [4.69, 9.17) is 4.74 Å². The number of guanidine groups is 1. The first-order valence-electron chi connectivity index (χ1n) is 7.58. The molecule has 0 amide bonds. The maximum atomic E-state index is 5.64. The molecule has 0 saturated carbocycles. The highest BCUT2D eigenvalue weighted by Crippen LogP contribution is 2.18. The minimum absolute atomic E-state index is 0. The van der Waals surface area contributed by atoms with E-state index in [1.807, 2.05) is 25.1 Å². The van der Waals surface area contributed by atoms with Crippen LogP contribution in [0.25, 0.3) is 0 Å². The number of nitrogens with one attached hydrogen (secondary N) is 2. The second kappa shape index (κ2) is 11.3. The van der Waals surface area contributed by atoms with Crippen molar-refractivity contribution in [1.82, 2.24) is 10.6 Å². The topological polar surface area (TPSA) is 45.7 Å². The lowest BCUT2D eigenvalue weighted by Gasteiger charge is -2.12. The van der Waals surface area contributed by atoms with Gasteiger partial charge in [0.15, 0.2) is 5.96 Å². The van der Waals surface area contributed by atoms with Gasteiger partial charge in [-0.2, -0.15) is 0 Å². The third-order valence-electron chi connectivity index (χ3n) is 3.03. The zero-order valence-corrected chi connectivity index (χ0v) is 16.7. The third-order valence-corrected chi connectivity index (χ3v) is 3.91. The van der Waals surface area contributed by atoms with Crippen molar-refractivity contribution in [2.24, 2.45) is 4.99 Å². The zero-order valence-electron chi connectivity index (χ0n) is 13.5. The van der Waals surface area contributed by atoms with Crippen LogP contribution < -0.4 is 15.4 Å². The molecule has 23 heavy (non-hydrogen) atoms. The van der Waals surface area contributed by atoms with Crippen molar-refractivity contribution >= 4 is 41.3 Å². The molecule has 0 spiro atoms. The molecule has 6 heteroatoms. The van der Waals surface area contributed by atoms with E-state index in [1.54, 1.807) is 11.3 Å². The van der Waals surface area contributed by atoms with Crippen molar-refractivity contribution in [2.75, 3.05) is 13.2 Å². The molecule has 0 unspecified atom stereocenters. The van der Waals surface area contributed by atoms with Gasteiger partial charge in [-0.1, -0.05) is 24.3 Å². The van der Waals surface area contributed by atoms with Gasteiger partial charge in [-0.3, -0.25) is 0 Å². The van der Waals surface area contributed by atoms with Crippen LogP contribution >= 0.6 is 35.3 Å². The van der Waals surface area contributed by atoms with E-state index in [2.05, 4.69) is 46.1 Å². The summed E-state index contributed by atoms with van der Waals surface area (Å²) in [5.74, 6) is 1.73. The van der Waals surface area contributed by atoms with Crippen molar-refractivity contribution in [3.8, 4) is 5.75 Å². The van der Waals surface area contributed by atoms with E-state index in [1.165, 1.54) is 4.88 Å². The SMILES string of the molecule is CCNC(=NCc1ccccc1OCC)NCc1cccs1.I. The Morgan fingerprint density at radius 1 is 1.13 bits per heavy atom. The maximum Gasteiger partial charge on any atom is 0.191 e. The molecule has 2 aromatic rings. The van der Waals surface area contributed by atoms with Crippen LogP contribution in [-0.4, -0.2) is 19.1 Å².